The molecule has 0 spiro atoms. The lowest BCUT2D eigenvalue weighted by molar-refractivity contribution is 0.628. The molecule has 5 nitrogen and oxygen atoms in total. The number of pyridine rings is 1. The van der Waals surface area contributed by atoms with Gasteiger partial charge in [0.25, 0.3) is 0 Å². The van der Waals surface area contributed by atoms with Gasteiger partial charge in [-0.2, -0.15) is 0 Å². The van der Waals surface area contributed by atoms with Crippen LogP contribution in [-0.4, -0.2) is 22.0 Å². The summed E-state index contributed by atoms with van der Waals surface area (Å²) in [6.45, 7) is 0. The molecule has 0 unspecified atom stereocenters. The third-order valence-electron chi connectivity index (χ3n) is 4.02. The molecule has 2 N–H and O–H groups in total. The van der Waals surface area contributed by atoms with E-state index in [9.17, 15) is 4.39 Å². The Bertz CT molecular complexity index is 891. The molecule has 0 amide bonds. The summed E-state index contributed by atoms with van der Waals surface area (Å²) in [5, 5.41) is 0. The standard InChI is InChI=1S/C17H15FN5/c1-23(12-2-3-12)13-7-10(6-11(18)8-13)14-4-5-15-16(22-14)17(19)21-9-20-15/h4-9H,2-3H2,1H3,(H2,19,20,21). The van der Waals surface area contributed by atoms with E-state index in [1.807, 2.05) is 30.1 Å². The van der Waals surface area contributed by atoms with E-state index in [2.05, 4.69) is 15.0 Å². The van der Waals surface area contributed by atoms with Crippen LogP contribution in [0.25, 0.3) is 22.3 Å². The molecule has 23 heavy (non-hydrogen) atoms. The summed E-state index contributed by atoms with van der Waals surface area (Å²) in [7, 11) is 1.96. The molecule has 1 radical (unpaired) electrons. The molecule has 2 heterocycles. The van der Waals surface area contributed by atoms with E-state index in [1.165, 1.54) is 24.5 Å². The summed E-state index contributed by atoms with van der Waals surface area (Å²) in [6.07, 6.45) is 3.55. The van der Waals surface area contributed by atoms with E-state index in [0.29, 0.717) is 28.1 Å². The van der Waals surface area contributed by atoms with Crippen molar-refractivity contribution >= 4 is 22.5 Å². The third kappa shape index (κ3) is 2.56. The number of hydrogen-bond donors (Lipinski definition) is 1. The summed E-state index contributed by atoms with van der Waals surface area (Å²) >= 11 is 0. The van der Waals surface area contributed by atoms with Crippen LogP contribution in [-0.2, 0) is 0 Å². The SMILES string of the molecule is CN([C]1CC1)c1cc(F)cc(-c2ccc3ncnc(N)c3n2)c1. The zero-order chi connectivity index (χ0) is 16.0. The average molecular weight is 308 g/mol. The first kappa shape index (κ1) is 13.9. The lowest BCUT2D eigenvalue weighted by Crippen LogP contribution is -2.13. The van der Waals surface area contributed by atoms with Crippen LogP contribution in [0.5, 0.6) is 0 Å². The van der Waals surface area contributed by atoms with Crippen molar-refractivity contribution < 1.29 is 4.39 Å². The number of rotatable bonds is 3. The van der Waals surface area contributed by atoms with Gasteiger partial charge >= 0.3 is 0 Å². The van der Waals surface area contributed by atoms with Crippen LogP contribution in [0.15, 0.2) is 36.7 Å². The summed E-state index contributed by atoms with van der Waals surface area (Å²) < 4.78 is 14.0. The van der Waals surface area contributed by atoms with E-state index >= 15 is 0 Å². The second-order valence-electron chi connectivity index (χ2n) is 5.65. The molecule has 0 aliphatic heterocycles. The highest BCUT2D eigenvalue weighted by molar-refractivity contribution is 5.86. The third-order valence-corrected chi connectivity index (χ3v) is 4.02. The number of hydrogen-bond acceptors (Lipinski definition) is 5. The minimum atomic E-state index is -0.287. The first-order valence-corrected chi connectivity index (χ1v) is 7.38. The number of benzene rings is 1. The van der Waals surface area contributed by atoms with Crippen LogP contribution in [0.3, 0.4) is 0 Å². The molecule has 0 atom stereocenters. The second kappa shape index (κ2) is 5.15. The molecule has 1 aliphatic rings. The topological polar surface area (TPSA) is 67.9 Å². The van der Waals surface area contributed by atoms with Gasteiger partial charge in [-0.05, 0) is 43.2 Å². The van der Waals surface area contributed by atoms with Crippen LogP contribution < -0.4 is 10.6 Å². The van der Waals surface area contributed by atoms with Crippen LogP contribution in [0, 0.1) is 11.9 Å². The second-order valence-corrected chi connectivity index (χ2v) is 5.65. The Morgan fingerprint density at radius 3 is 2.74 bits per heavy atom. The van der Waals surface area contributed by atoms with Crippen molar-refractivity contribution in [3.63, 3.8) is 0 Å². The maximum absolute atomic E-state index is 14.0. The Morgan fingerprint density at radius 2 is 1.96 bits per heavy atom. The highest BCUT2D eigenvalue weighted by Gasteiger charge is 2.28. The normalized spacial score (nSPS) is 14.2. The highest BCUT2D eigenvalue weighted by atomic mass is 19.1. The highest BCUT2D eigenvalue weighted by Crippen LogP contribution is 2.39. The van der Waals surface area contributed by atoms with E-state index in [0.717, 1.165) is 18.5 Å². The Morgan fingerprint density at radius 1 is 1.13 bits per heavy atom. The van der Waals surface area contributed by atoms with Gasteiger partial charge in [0.05, 0.1) is 17.3 Å². The van der Waals surface area contributed by atoms with Gasteiger partial charge in [0, 0.05) is 18.3 Å². The van der Waals surface area contributed by atoms with Gasteiger partial charge in [0.15, 0.2) is 5.82 Å². The average Bonchev–Trinajstić information content (AvgIpc) is 3.38. The largest absolute Gasteiger partial charge is 0.382 e. The van der Waals surface area contributed by atoms with Crippen molar-refractivity contribution in [3.05, 3.63) is 48.5 Å². The monoisotopic (exact) mass is 308 g/mol. The fraction of sp³-hybridized carbons (Fsp3) is 0.176. The predicted octanol–water partition coefficient (Wildman–Crippen LogP) is 3.18. The summed E-state index contributed by atoms with van der Waals surface area (Å²) in [5.41, 5.74) is 9.24. The van der Waals surface area contributed by atoms with Crippen LogP contribution in [0.2, 0.25) is 0 Å². The number of halogens is 1. The number of anilines is 2. The number of nitrogens with zero attached hydrogens (tertiary/aromatic N) is 4. The number of fused-ring (bicyclic) bond motifs is 1. The van der Waals surface area contributed by atoms with Crippen molar-refractivity contribution in [1.82, 2.24) is 15.0 Å². The zero-order valence-electron chi connectivity index (χ0n) is 12.6. The molecule has 0 bridgehead atoms. The fourth-order valence-corrected chi connectivity index (χ4v) is 2.61. The van der Waals surface area contributed by atoms with Gasteiger partial charge in [0.2, 0.25) is 0 Å². The number of nitrogens with two attached hydrogens (primary N) is 1. The molecular weight excluding hydrogens is 293 g/mol. The minimum Gasteiger partial charge on any atom is -0.382 e. The summed E-state index contributed by atoms with van der Waals surface area (Å²) in [6, 6.07) is 9.89. The smallest absolute Gasteiger partial charge is 0.153 e. The molecule has 1 aromatic carbocycles. The van der Waals surface area contributed by atoms with Crippen LogP contribution in [0.1, 0.15) is 12.8 Å². The van der Waals surface area contributed by atoms with Gasteiger partial charge < -0.3 is 10.6 Å². The minimum absolute atomic E-state index is 0.287. The predicted molar refractivity (Wildman–Crippen MR) is 88.0 cm³/mol. The fourth-order valence-electron chi connectivity index (χ4n) is 2.61. The molecule has 1 saturated carbocycles. The molecule has 115 valence electrons. The van der Waals surface area contributed by atoms with Gasteiger partial charge in [-0.15, -0.1) is 0 Å². The quantitative estimate of drug-likeness (QED) is 0.805. The first-order chi connectivity index (χ1) is 11.1. The van der Waals surface area contributed by atoms with E-state index in [4.69, 9.17) is 5.73 Å². The Kier molecular flexibility index (Phi) is 3.11. The van der Waals surface area contributed by atoms with Crippen molar-refractivity contribution in [2.45, 2.75) is 12.8 Å². The maximum Gasteiger partial charge on any atom is 0.153 e. The molecule has 4 rings (SSSR count). The van der Waals surface area contributed by atoms with Crippen molar-refractivity contribution in [1.29, 1.82) is 0 Å². The van der Waals surface area contributed by atoms with E-state index < -0.39 is 0 Å². The van der Waals surface area contributed by atoms with Crippen LogP contribution >= 0.6 is 0 Å². The van der Waals surface area contributed by atoms with Gasteiger partial charge in [-0.25, -0.2) is 19.3 Å². The van der Waals surface area contributed by atoms with Crippen LogP contribution in [0.4, 0.5) is 15.9 Å². The number of aromatic nitrogens is 3. The number of nitrogen functional groups attached to an aromatic ring is 1. The van der Waals surface area contributed by atoms with Crippen molar-refractivity contribution in [2.24, 2.45) is 0 Å². The maximum atomic E-state index is 14.0. The van der Waals surface area contributed by atoms with Gasteiger partial charge in [-0.3, -0.25) is 0 Å². The van der Waals surface area contributed by atoms with Crippen molar-refractivity contribution in [2.75, 3.05) is 17.7 Å². The van der Waals surface area contributed by atoms with E-state index in [-0.39, 0.29) is 5.82 Å². The molecular formula is C17H15FN5. The lowest BCUT2D eigenvalue weighted by Gasteiger charge is -2.19. The van der Waals surface area contributed by atoms with Crippen molar-refractivity contribution in [3.8, 4) is 11.3 Å². The Hall–Kier alpha value is -2.76. The summed E-state index contributed by atoms with van der Waals surface area (Å²) in [4.78, 5) is 14.6. The first-order valence-electron chi connectivity index (χ1n) is 7.38. The molecule has 6 heteroatoms. The van der Waals surface area contributed by atoms with E-state index in [1.54, 1.807) is 0 Å². The van der Waals surface area contributed by atoms with Gasteiger partial charge in [0.1, 0.15) is 17.7 Å². The molecule has 1 aliphatic carbocycles. The molecule has 0 saturated heterocycles. The Balaban J connectivity index is 1.82. The molecule has 1 fully saturated rings. The molecule has 3 aromatic rings. The zero-order valence-corrected chi connectivity index (χ0v) is 12.6. The Labute approximate surface area is 133 Å². The van der Waals surface area contributed by atoms with Gasteiger partial charge in [-0.1, -0.05) is 0 Å². The molecule has 2 aromatic heterocycles. The lowest BCUT2D eigenvalue weighted by atomic mass is 10.1. The summed E-state index contributed by atoms with van der Waals surface area (Å²) in [5.74, 6) is 0.0314.